The summed E-state index contributed by atoms with van der Waals surface area (Å²) in [4.78, 5) is 24.4. The number of carbonyl (C=O) groups excluding carboxylic acids is 2. The van der Waals surface area contributed by atoms with Gasteiger partial charge >= 0.3 is 0 Å². The molecule has 0 bridgehead atoms. The molecule has 1 rings (SSSR count). The fraction of sp³-hybridized carbons (Fsp3) is 0.375. The number of amides is 2. The number of likely N-dealkylation sites (N-methyl/N-ethyl adjacent to an activating group) is 1. The first-order valence-electron chi connectivity index (χ1n) is 6.83. The number of unbranched alkanes of at least 4 members (excludes halogenated alkanes) is 1. The Morgan fingerprint density at radius 2 is 1.90 bits per heavy atom. The molecule has 0 aliphatic carbocycles. The molecule has 4 nitrogen and oxygen atoms in total. The van der Waals surface area contributed by atoms with Gasteiger partial charge in [-0.15, -0.1) is 0 Å². The number of nitrogens with zero attached hydrogens (tertiary/aromatic N) is 1. The lowest BCUT2D eigenvalue weighted by molar-refractivity contribution is -0.124. The summed E-state index contributed by atoms with van der Waals surface area (Å²) in [6, 6.07) is 7.35. The highest BCUT2D eigenvalue weighted by molar-refractivity contribution is 5.92. The van der Waals surface area contributed by atoms with Crippen molar-refractivity contribution < 1.29 is 9.59 Å². The zero-order chi connectivity index (χ0) is 15.0. The summed E-state index contributed by atoms with van der Waals surface area (Å²) in [5.74, 6) is -0.0922. The van der Waals surface area contributed by atoms with Crippen LogP contribution in [0.15, 0.2) is 30.3 Å². The Bertz CT molecular complexity index is 478. The summed E-state index contributed by atoms with van der Waals surface area (Å²) in [6.07, 6.45) is 5.44. The van der Waals surface area contributed by atoms with Gasteiger partial charge in [0, 0.05) is 32.3 Å². The second-order valence-corrected chi connectivity index (χ2v) is 4.75. The van der Waals surface area contributed by atoms with Crippen molar-refractivity contribution in [2.45, 2.75) is 26.7 Å². The molecular formula is C16H22N2O2. The van der Waals surface area contributed by atoms with Crippen molar-refractivity contribution in [3.8, 4) is 0 Å². The molecule has 0 fully saturated rings. The second-order valence-electron chi connectivity index (χ2n) is 4.75. The van der Waals surface area contributed by atoms with Gasteiger partial charge in [-0.25, -0.2) is 0 Å². The Labute approximate surface area is 120 Å². The van der Waals surface area contributed by atoms with E-state index in [4.69, 9.17) is 0 Å². The van der Waals surface area contributed by atoms with E-state index < -0.39 is 0 Å². The maximum atomic E-state index is 11.8. The van der Waals surface area contributed by atoms with E-state index in [1.165, 1.54) is 6.92 Å². The molecule has 0 aliphatic heterocycles. The van der Waals surface area contributed by atoms with Crippen LogP contribution in [0.5, 0.6) is 0 Å². The third-order valence-electron chi connectivity index (χ3n) is 2.87. The predicted molar refractivity (Wildman–Crippen MR) is 82.3 cm³/mol. The van der Waals surface area contributed by atoms with E-state index in [1.807, 2.05) is 31.3 Å². The van der Waals surface area contributed by atoms with Crippen molar-refractivity contribution in [2.75, 3.05) is 18.9 Å². The molecule has 0 unspecified atom stereocenters. The van der Waals surface area contributed by atoms with E-state index in [0.29, 0.717) is 0 Å². The Balaban J connectivity index is 2.57. The predicted octanol–water partition coefficient (Wildman–Crippen LogP) is 2.92. The van der Waals surface area contributed by atoms with Crippen LogP contribution in [0.1, 0.15) is 32.3 Å². The van der Waals surface area contributed by atoms with Gasteiger partial charge in [-0.05, 0) is 30.2 Å². The van der Waals surface area contributed by atoms with Gasteiger partial charge in [0.2, 0.25) is 11.8 Å². The lowest BCUT2D eigenvalue weighted by Crippen LogP contribution is -2.25. The van der Waals surface area contributed by atoms with Crippen LogP contribution in [0.3, 0.4) is 0 Å². The quantitative estimate of drug-likeness (QED) is 0.811. The Morgan fingerprint density at radius 1 is 1.25 bits per heavy atom. The van der Waals surface area contributed by atoms with Crippen LogP contribution in [0.25, 0.3) is 6.08 Å². The summed E-state index contributed by atoms with van der Waals surface area (Å²) in [5, 5.41) is 2.70. The van der Waals surface area contributed by atoms with Crippen LogP contribution in [0, 0.1) is 0 Å². The summed E-state index contributed by atoms with van der Waals surface area (Å²) < 4.78 is 0. The third-order valence-corrected chi connectivity index (χ3v) is 2.87. The van der Waals surface area contributed by atoms with Crippen molar-refractivity contribution in [1.82, 2.24) is 4.90 Å². The van der Waals surface area contributed by atoms with Gasteiger partial charge < -0.3 is 10.2 Å². The topological polar surface area (TPSA) is 49.4 Å². The molecule has 2 amide bonds. The van der Waals surface area contributed by atoms with Gasteiger partial charge in [0.15, 0.2) is 0 Å². The largest absolute Gasteiger partial charge is 0.342 e. The minimum absolute atomic E-state index is 0.00406. The maximum absolute atomic E-state index is 11.8. The van der Waals surface area contributed by atoms with E-state index in [-0.39, 0.29) is 11.8 Å². The van der Waals surface area contributed by atoms with Crippen molar-refractivity contribution in [3.63, 3.8) is 0 Å². The van der Waals surface area contributed by atoms with E-state index in [0.717, 1.165) is 30.6 Å². The standard InChI is InChI=1S/C16H22N2O2/c1-4-5-12-18(3)16(20)11-8-14-6-9-15(10-7-14)17-13(2)19/h6-11H,4-5,12H2,1-3H3,(H,17,19)/b11-8+. The summed E-state index contributed by atoms with van der Waals surface area (Å²) in [5.41, 5.74) is 1.68. The third kappa shape index (κ3) is 5.69. The van der Waals surface area contributed by atoms with Gasteiger partial charge in [-0.1, -0.05) is 25.5 Å². The molecule has 0 spiro atoms. The first kappa shape index (κ1) is 16.0. The van der Waals surface area contributed by atoms with Crippen LogP contribution >= 0.6 is 0 Å². The first-order valence-corrected chi connectivity index (χ1v) is 6.83. The molecule has 4 heteroatoms. The van der Waals surface area contributed by atoms with Crippen molar-refractivity contribution in [2.24, 2.45) is 0 Å². The molecule has 1 aromatic rings. The number of hydrogen-bond acceptors (Lipinski definition) is 2. The molecule has 0 heterocycles. The lowest BCUT2D eigenvalue weighted by Gasteiger charge is -2.13. The number of hydrogen-bond donors (Lipinski definition) is 1. The zero-order valence-corrected chi connectivity index (χ0v) is 12.3. The number of rotatable bonds is 6. The molecule has 0 saturated carbocycles. The second kappa shape index (κ2) is 8.15. The Kier molecular flexibility index (Phi) is 6.50. The van der Waals surface area contributed by atoms with E-state index in [9.17, 15) is 9.59 Å². The fourth-order valence-corrected chi connectivity index (χ4v) is 1.68. The normalized spacial score (nSPS) is 10.6. The summed E-state index contributed by atoms with van der Waals surface area (Å²) in [6.45, 7) is 4.35. The molecule has 0 radical (unpaired) electrons. The summed E-state index contributed by atoms with van der Waals surface area (Å²) >= 11 is 0. The minimum Gasteiger partial charge on any atom is -0.342 e. The highest BCUT2D eigenvalue weighted by Crippen LogP contribution is 2.10. The monoisotopic (exact) mass is 274 g/mol. The summed E-state index contributed by atoms with van der Waals surface area (Å²) in [7, 11) is 1.81. The van der Waals surface area contributed by atoms with Crippen LogP contribution in [0.4, 0.5) is 5.69 Å². The maximum Gasteiger partial charge on any atom is 0.246 e. The first-order chi connectivity index (χ1) is 9.52. The van der Waals surface area contributed by atoms with Gasteiger partial charge in [0.25, 0.3) is 0 Å². The van der Waals surface area contributed by atoms with E-state index in [2.05, 4.69) is 12.2 Å². The molecule has 1 aromatic carbocycles. The highest BCUT2D eigenvalue weighted by atomic mass is 16.2. The molecule has 0 atom stereocenters. The number of nitrogens with one attached hydrogen (secondary N) is 1. The van der Waals surface area contributed by atoms with Crippen LogP contribution in [0.2, 0.25) is 0 Å². The number of carbonyl (C=O) groups is 2. The molecule has 0 saturated heterocycles. The molecule has 108 valence electrons. The minimum atomic E-state index is -0.0963. The smallest absolute Gasteiger partial charge is 0.246 e. The molecule has 20 heavy (non-hydrogen) atoms. The van der Waals surface area contributed by atoms with Crippen LogP contribution < -0.4 is 5.32 Å². The molecule has 1 N–H and O–H groups in total. The Morgan fingerprint density at radius 3 is 2.45 bits per heavy atom. The number of anilines is 1. The van der Waals surface area contributed by atoms with E-state index in [1.54, 1.807) is 17.1 Å². The SMILES string of the molecule is CCCCN(C)C(=O)/C=C/c1ccc(NC(C)=O)cc1. The van der Waals surface area contributed by atoms with Gasteiger partial charge in [-0.2, -0.15) is 0 Å². The molecule has 0 aromatic heterocycles. The van der Waals surface area contributed by atoms with Crippen molar-refractivity contribution >= 4 is 23.6 Å². The van der Waals surface area contributed by atoms with Gasteiger partial charge in [-0.3, -0.25) is 9.59 Å². The zero-order valence-electron chi connectivity index (χ0n) is 12.3. The van der Waals surface area contributed by atoms with Gasteiger partial charge in [0.05, 0.1) is 0 Å². The van der Waals surface area contributed by atoms with Gasteiger partial charge in [0.1, 0.15) is 0 Å². The van der Waals surface area contributed by atoms with Crippen LogP contribution in [-0.2, 0) is 9.59 Å². The van der Waals surface area contributed by atoms with E-state index >= 15 is 0 Å². The fourth-order valence-electron chi connectivity index (χ4n) is 1.68. The van der Waals surface area contributed by atoms with Crippen molar-refractivity contribution in [3.05, 3.63) is 35.9 Å². The Hall–Kier alpha value is -2.10. The molecular weight excluding hydrogens is 252 g/mol. The highest BCUT2D eigenvalue weighted by Gasteiger charge is 2.03. The van der Waals surface area contributed by atoms with Crippen molar-refractivity contribution in [1.29, 1.82) is 0 Å². The number of benzene rings is 1. The average Bonchev–Trinajstić information content (AvgIpc) is 2.43. The lowest BCUT2D eigenvalue weighted by atomic mass is 10.2. The van der Waals surface area contributed by atoms with Crippen LogP contribution in [-0.4, -0.2) is 30.3 Å². The molecule has 0 aliphatic rings. The average molecular weight is 274 g/mol.